The fourth-order valence-electron chi connectivity index (χ4n) is 0.421. The van der Waals surface area contributed by atoms with Gasteiger partial charge in [-0.05, 0) is 6.92 Å². The summed E-state index contributed by atoms with van der Waals surface area (Å²) in [6, 6.07) is 0. The van der Waals surface area contributed by atoms with Crippen molar-refractivity contribution in [1.82, 2.24) is 5.32 Å². The van der Waals surface area contributed by atoms with Gasteiger partial charge in [-0.15, -0.1) is 0 Å². The molecule has 0 aromatic rings. The number of carboxylic acid groups (broad SMARTS) is 1. The van der Waals surface area contributed by atoms with Crippen LogP contribution < -0.4 is 5.32 Å². The predicted molar refractivity (Wildman–Crippen MR) is 36.6 cm³/mol. The zero-order valence-corrected chi connectivity index (χ0v) is 6.75. The fraction of sp³-hybridized carbons (Fsp3) is 0.750. The molecule has 0 rings (SSSR count). The Kier molecular flexibility index (Phi) is 4.07. The van der Waals surface area contributed by atoms with Crippen LogP contribution in [0.15, 0.2) is 0 Å². The summed E-state index contributed by atoms with van der Waals surface area (Å²) in [4.78, 5) is 9.94. The first-order valence-electron chi connectivity index (χ1n) is 2.65. The summed E-state index contributed by atoms with van der Waals surface area (Å²) in [5.41, 5.74) is 0. The lowest BCUT2D eigenvalue weighted by Gasteiger charge is -2.08. The average molecular weight is 167 g/mol. The highest BCUT2D eigenvalue weighted by atomic mass is 31.1. The van der Waals surface area contributed by atoms with Crippen molar-refractivity contribution >= 4 is 14.1 Å². The molecule has 10 heavy (non-hydrogen) atoms. The maximum atomic E-state index is 10.7. The van der Waals surface area contributed by atoms with Crippen LogP contribution in [-0.2, 0) is 9.09 Å². The highest BCUT2D eigenvalue weighted by Crippen LogP contribution is 2.25. The van der Waals surface area contributed by atoms with Crippen LogP contribution in [0.5, 0.6) is 0 Å². The second-order valence-electron chi connectivity index (χ2n) is 1.69. The molecule has 2 atom stereocenters. The molecule has 2 unspecified atom stereocenters. The van der Waals surface area contributed by atoms with E-state index >= 15 is 0 Å². The smallest absolute Gasteiger partial charge is 0.405 e. The van der Waals surface area contributed by atoms with Gasteiger partial charge in [0.25, 0.3) is 0 Å². The van der Waals surface area contributed by atoms with E-state index in [0.717, 1.165) is 0 Å². The van der Waals surface area contributed by atoms with Gasteiger partial charge in [-0.2, -0.15) is 0 Å². The summed E-state index contributed by atoms with van der Waals surface area (Å²) >= 11 is 0. The van der Waals surface area contributed by atoms with E-state index < -0.39 is 19.9 Å². The van der Waals surface area contributed by atoms with Gasteiger partial charge in [0, 0.05) is 7.11 Å². The Balaban J connectivity index is 3.72. The molecule has 0 radical (unpaired) electrons. The van der Waals surface area contributed by atoms with E-state index in [1.807, 2.05) is 5.32 Å². The van der Waals surface area contributed by atoms with Gasteiger partial charge in [-0.3, -0.25) is 4.57 Å². The lowest BCUT2D eigenvalue weighted by molar-refractivity contribution is 0.193. The maximum absolute atomic E-state index is 10.7. The summed E-state index contributed by atoms with van der Waals surface area (Å²) in [6.45, 7) is 1.49. The van der Waals surface area contributed by atoms with E-state index in [-0.39, 0.29) is 0 Å². The molecule has 0 aromatic heterocycles. The van der Waals surface area contributed by atoms with Gasteiger partial charge in [0.15, 0.2) is 0 Å². The highest BCUT2D eigenvalue weighted by molar-refractivity contribution is 7.39. The molecule has 2 N–H and O–H groups in total. The van der Waals surface area contributed by atoms with Crippen molar-refractivity contribution in [1.29, 1.82) is 0 Å². The molecule has 0 saturated carbocycles. The molecular weight excluding hydrogens is 157 g/mol. The van der Waals surface area contributed by atoms with Crippen molar-refractivity contribution in [2.75, 3.05) is 7.11 Å². The molecule has 0 fully saturated rings. The van der Waals surface area contributed by atoms with Gasteiger partial charge in [-0.25, -0.2) is 4.79 Å². The maximum Gasteiger partial charge on any atom is 0.405 e. The van der Waals surface area contributed by atoms with Crippen LogP contribution in [0.2, 0.25) is 0 Å². The van der Waals surface area contributed by atoms with Gasteiger partial charge in [0.1, 0.15) is 5.78 Å². The third-order valence-corrected chi connectivity index (χ3v) is 2.15. The SMILES string of the molecule is CO[PH](=O)C(C)NC(=O)O. The van der Waals surface area contributed by atoms with E-state index in [4.69, 9.17) is 5.11 Å². The van der Waals surface area contributed by atoms with Gasteiger partial charge < -0.3 is 14.9 Å². The van der Waals surface area contributed by atoms with Crippen LogP contribution in [0, 0.1) is 0 Å². The molecule has 0 spiro atoms. The van der Waals surface area contributed by atoms with Crippen LogP contribution in [0.25, 0.3) is 0 Å². The first-order chi connectivity index (χ1) is 4.57. The topological polar surface area (TPSA) is 75.6 Å². The summed E-state index contributed by atoms with van der Waals surface area (Å²) < 4.78 is 15.1. The largest absolute Gasteiger partial charge is 0.465 e. The molecule has 0 aliphatic carbocycles. The van der Waals surface area contributed by atoms with Crippen molar-refractivity contribution in [2.45, 2.75) is 12.7 Å². The molecule has 0 bridgehead atoms. The molecule has 0 saturated heterocycles. The van der Waals surface area contributed by atoms with Crippen molar-refractivity contribution in [3.05, 3.63) is 0 Å². The van der Waals surface area contributed by atoms with Crippen LogP contribution in [0.3, 0.4) is 0 Å². The number of carbonyl (C=O) groups is 1. The Morgan fingerprint density at radius 1 is 1.80 bits per heavy atom. The molecule has 6 heteroatoms. The first kappa shape index (κ1) is 9.46. The molecule has 0 aliphatic heterocycles. The number of rotatable bonds is 3. The monoisotopic (exact) mass is 167 g/mol. The second-order valence-corrected chi connectivity index (χ2v) is 3.61. The lowest BCUT2D eigenvalue weighted by Crippen LogP contribution is -2.28. The minimum Gasteiger partial charge on any atom is -0.465 e. The zero-order chi connectivity index (χ0) is 8.15. The Bertz CT molecular complexity index is 148. The molecule has 0 heterocycles. The fourth-order valence-corrected chi connectivity index (χ4v) is 1.02. The third-order valence-electron chi connectivity index (χ3n) is 0.895. The molecule has 5 nitrogen and oxygen atoms in total. The van der Waals surface area contributed by atoms with Gasteiger partial charge in [-0.1, -0.05) is 0 Å². The minimum atomic E-state index is -2.24. The summed E-state index contributed by atoms with van der Waals surface area (Å²) in [5.74, 6) is -0.618. The molecule has 60 valence electrons. The Morgan fingerprint density at radius 3 is 2.60 bits per heavy atom. The van der Waals surface area contributed by atoms with E-state index in [2.05, 4.69) is 4.52 Å². The summed E-state index contributed by atoms with van der Waals surface area (Å²) in [5, 5.41) is 10.2. The standard InChI is InChI=1S/C4H10NO4P/c1-3(5-4(6)7)10(8)9-2/h3,5,10H,1-2H3,(H,6,7). The van der Waals surface area contributed by atoms with Crippen LogP contribution in [0.4, 0.5) is 4.79 Å². The van der Waals surface area contributed by atoms with Crippen LogP contribution in [-0.4, -0.2) is 24.1 Å². The molecule has 0 aromatic carbocycles. The van der Waals surface area contributed by atoms with Gasteiger partial charge >= 0.3 is 6.09 Å². The number of amides is 1. The van der Waals surface area contributed by atoms with Gasteiger partial charge in [0.2, 0.25) is 8.03 Å². The van der Waals surface area contributed by atoms with E-state index in [1.54, 1.807) is 0 Å². The minimum absolute atomic E-state index is 0.618. The normalized spacial score (nSPS) is 15.8. The predicted octanol–water partition coefficient (Wildman–Crippen LogP) is 0.721. The Hall–Kier alpha value is -0.540. The number of hydrogen-bond acceptors (Lipinski definition) is 3. The zero-order valence-electron chi connectivity index (χ0n) is 5.75. The van der Waals surface area contributed by atoms with Crippen molar-refractivity contribution in [2.24, 2.45) is 0 Å². The molecule has 1 amide bonds. The number of hydrogen-bond donors (Lipinski definition) is 2. The van der Waals surface area contributed by atoms with Crippen LogP contribution >= 0.6 is 8.03 Å². The quantitative estimate of drug-likeness (QED) is 0.607. The van der Waals surface area contributed by atoms with E-state index in [9.17, 15) is 9.36 Å². The Morgan fingerprint density at radius 2 is 2.30 bits per heavy atom. The van der Waals surface area contributed by atoms with Crippen LogP contribution in [0.1, 0.15) is 6.92 Å². The summed E-state index contributed by atoms with van der Waals surface area (Å²) in [7, 11) is -0.965. The van der Waals surface area contributed by atoms with E-state index in [1.165, 1.54) is 14.0 Å². The Labute approximate surface area is 59.2 Å². The summed E-state index contributed by atoms with van der Waals surface area (Å²) in [6.07, 6.45) is -1.19. The van der Waals surface area contributed by atoms with Gasteiger partial charge in [0.05, 0.1) is 0 Å². The third kappa shape index (κ3) is 3.48. The highest BCUT2D eigenvalue weighted by Gasteiger charge is 2.10. The van der Waals surface area contributed by atoms with Crippen molar-refractivity contribution in [3.63, 3.8) is 0 Å². The lowest BCUT2D eigenvalue weighted by atomic mass is 10.7. The van der Waals surface area contributed by atoms with E-state index in [0.29, 0.717) is 0 Å². The number of nitrogens with one attached hydrogen (secondary N) is 1. The second kappa shape index (κ2) is 4.30. The van der Waals surface area contributed by atoms with Crippen molar-refractivity contribution < 1.29 is 19.0 Å². The van der Waals surface area contributed by atoms with Crippen molar-refractivity contribution in [3.8, 4) is 0 Å². The average Bonchev–Trinajstić information content (AvgIpc) is 1.85. The first-order valence-corrected chi connectivity index (χ1v) is 4.04. The molecular formula is C4H10NO4P. The molecule has 0 aliphatic rings.